The molecule has 0 radical (unpaired) electrons. The Morgan fingerprint density at radius 2 is 1.19 bits per heavy atom. The van der Waals surface area contributed by atoms with Crippen molar-refractivity contribution < 1.29 is 68.8 Å². The maximum Gasteiger partial charge on any atom is 0.306 e. The molecule has 0 aromatic rings. The summed E-state index contributed by atoms with van der Waals surface area (Å²) in [7, 11) is 0. The van der Waals surface area contributed by atoms with Crippen LogP contribution in [0.1, 0.15) is 89.9 Å². The van der Waals surface area contributed by atoms with Crippen molar-refractivity contribution >= 4 is 24.5 Å². The van der Waals surface area contributed by atoms with Gasteiger partial charge in [0, 0.05) is 12.8 Å². The molecule has 0 aliphatic carbocycles. The van der Waals surface area contributed by atoms with E-state index in [0.717, 1.165) is 51.4 Å². The van der Waals surface area contributed by atoms with E-state index in [9.17, 15) is 49.8 Å². The van der Waals surface area contributed by atoms with Crippen molar-refractivity contribution in [2.75, 3.05) is 19.8 Å². The second-order valence-electron chi connectivity index (χ2n) is 11.6. The SMILES string of the molecule is O=C/C=C/C(O)CCCCCCCC(=O)OC[C@H](CO[C@@H]1O[C@H](CO)[C@H](O)[C@H](O)[C@H]1O)OC(=O)CCCCCCCC(O)/C=C/C=O. The molecule has 1 fully saturated rings. The van der Waals surface area contributed by atoms with Crippen molar-refractivity contribution in [2.45, 2.75) is 139 Å². The number of esters is 2. The van der Waals surface area contributed by atoms with Gasteiger partial charge >= 0.3 is 11.9 Å². The third kappa shape index (κ3) is 19.8. The molecule has 8 atom stereocenters. The van der Waals surface area contributed by atoms with Gasteiger partial charge in [0.15, 0.2) is 12.4 Å². The average molecular weight is 675 g/mol. The number of allylic oxidation sites excluding steroid dienone is 2. The van der Waals surface area contributed by atoms with Gasteiger partial charge in [0.05, 0.1) is 25.4 Å². The second kappa shape index (κ2) is 26.4. The van der Waals surface area contributed by atoms with E-state index in [1.807, 2.05) is 0 Å². The van der Waals surface area contributed by atoms with Crippen LogP contribution in [0.5, 0.6) is 0 Å². The molecule has 0 spiro atoms. The van der Waals surface area contributed by atoms with E-state index < -0.39 is 67.6 Å². The quantitative estimate of drug-likeness (QED) is 0.0309. The minimum absolute atomic E-state index is 0.0968. The maximum absolute atomic E-state index is 12.6. The highest BCUT2D eigenvalue weighted by atomic mass is 16.7. The highest BCUT2D eigenvalue weighted by molar-refractivity contribution is 5.70. The molecule has 0 aromatic heterocycles. The fourth-order valence-electron chi connectivity index (χ4n) is 4.87. The summed E-state index contributed by atoms with van der Waals surface area (Å²) in [5.74, 6) is -1.05. The predicted octanol–water partition coefficient (Wildman–Crippen LogP) is 0.951. The molecule has 1 rings (SSSR count). The van der Waals surface area contributed by atoms with Crippen LogP contribution in [0.15, 0.2) is 24.3 Å². The van der Waals surface area contributed by atoms with Gasteiger partial charge in [0.1, 0.15) is 43.6 Å². The summed E-state index contributed by atoms with van der Waals surface area (Å²) in [6, 6.07) is 0. The zero-order valence-corrected chi connectivity index (χ0v) is 27.1. The monoisotopic (exact) mass is 674 g/mol. The summed E-state index contributed by atoms with van der Waals surface area (Å²) in [5.41, 5.74) is 0. The van der Waals surface area contributed by atoms with Crippen molar-refractivity contribution in [1.82, 2.24) is 0 Å². The van der Waals surface area contributed by atoms with Gasteiger partial charge in [-0.1, -0.05) is 63.5 Å². The first-order valence-electron chi connectivity index (χ1n) is 16.5. The smallest absolute Gasteiger partial charge is 0.306 e. The van der Waals surface area contributed by atoms with E-state index in [2.05, 4.69) is 0 Å². The minimum atomic E-state index is -1.65. The van der Waals surface area contributed by atoms with Gasteiger partial charge in [-0.15, -0.1) is 0 Å². The van der Waals surface area contributed by atoms with E-state index in [-0.39, 0.29) is 26.1 Å². The van der Waals surface area contributed by atoms with Crippen molar-refractivity contribution in [3.63, 3.8) is 0 Å². The Bertz CT molecular complexity index is 923. The second-order valence-corrected chi connectivity index (χ2v) is 11.6. The molecule has 1 saturated heterocycles. The molecule has 2 unspecified atom stereocenters. The Kier molecular flexibility index (Phi) is 23.9. The third-order valence-corrected chi connectivity index (χ3v) is 7.61. The molecular weight excluding hydrogens is 620 g/mol. The van der Waals surface area contributed by atoms with Crippen LogP contribution in [0.4, 0.5) is 0 Å². The normalized spacial score (nSPS) is 23.4. The largest absolute Gasteiger partial charge is 0.462 e. The van der Waals surface area contributed by atoms with E-state index in [1.54, 1.807) is 0 Å². The van der Waals surface area contributed by atoms with Gasteiger partial charge in [-0.3, -0.25) is 19.2 Å². The van der Waals surface area contributed by atoms with Crippen LogP contribution in [0, 0.1) is 0 Å². The molecule has 0 bridgehead atoms. The first-order chi connectivity index (χ1) is 22.6. The highest BCUT2D eigenvalue weighted by Gasteiger charge is 2.44. The fourth-order valence-corrected chi connectivity index (χ4v) is 4.87. The summed E-state index contributed by atoms with van der Waals surface area (Å²) in [4.78, 5) is 45.5. The van der Waals surface area contributed by atoms with Gasteiger partial charge in [-0.05, 0) is 37.8 Å². The zero-order valence-electron chi connectivity index (χ0n) is 27.1. The third-order valence-electron chi connectivity index (χ3n) is 7.61. The summed E-state index contributed by atoms with van der Waals surface area (Å²) in [6.45, 7) is -1.33. The van der Waals surface area contributed by atoms with E-state index >= 15 is 0 Å². The van der Waals surface area contributed by atoms with Crippen LogP contribution in [-0.2, 0) is 38.1 Å². The number of carbonyl (C=O) groups is 4. The van der Waals surface area contributed by atoms with Crippen LogP contribution in [0.3, 0.4) is 0 Å². The van der Waals surface area contributed by atoms with Crippen LogP contribution < -0.4 is 0 Å². The predicted molar refractivity (Wildman–Crippen MR) is 168 cm³/mol. The first kappa shape index (κ1) is 42.5. The number of aliphatic hydroxyl groups is 6. The Morgan fingerprint density at radius 3 is 1.72 bits per heavy atom. The van der Waals surface area contributed by atoms with Crippen molar-refractivity contribution in [3.8, 4) is 0 Å². The molecule has 1 heterocycles. The summed E-state index contributed by atoms with van der Waals surface area (Å²) in [5, 5.41) is 59.0. The van der Waals surface area contributed by atoms with Gasteiger partial charge in [-0.25, -0.2) is 0 Å². The summed E-state index contributed by atoms with van der Waals surface area (Å²) < 4.78 is 21.7. The molecule has 1 aliphatic rings. The number of ether oxygens (including phenoxy) is 4. The molecule has 0 aromatic carbocycles. The highest BCUT2D eigenvalue weighted by Crippen LogP contribution is 2.22. The number of aliphatic hydroxyl groups excluding tert-OH is 6. The Hall–Kier alpha value is -2.56. The lowest BCUT2D eigenvalue weighted by Gasteiger charge is -2.39. The number of hydrogen-bond acceptors (Lipinski definition) is 14. The number of rotatable bonds is 27. The van der Waals surface area contributed by atoms with Crippen molar-refractivity contribution in [3.05, 3.63) is 24.3 Å². The van der Waals surface area contributed by atoms with E-state index in [4.69, 9.17) is 18.9 Å². The first-order valence-corrected chi connectivity index (χ1v) is 16.5. The van der Waals surface area contributed by atoms with Crippen molar-refractivity contribution in [1.29, 1.82) is 0 Å². The van der Waals surface area contributed by atoms with E-state index in [1.165, 1.54) is 24.3 Å². The average Bonchev–Trinajstić information content (AvgIpc) is 3.06. The molecule has 14 heteroatoms. The van der Waals surface area contributed by atoms with Crippen LogP contribution in [-0.4, -0.2) is 124 Å². The van der Waals surface area contributed by atoms with Crippen LogP contribution in [0.25, 0.3) is 0 Å². The number of aldehydes is 2. The molecule has 0 saturated carbocycles. The Morgan fingerprint density at radius 1 is 0.681 bits per heavy atom. The van der Waals surface area contributed by atoms with Crippen LogP contribution in [0.2, 0.25) is 0 Å². The van der Waals surface area contributed by atoms with Crippen LogP contribution >= 0.6 is 0 Å². The Labute approximate surface area is 276 Å². The summed E-state index contributed by atoms with van der Waals surface area (Å²) >= 11 is 0. The molecule has 1 aliphatic heterocycles. The van der Waals surface area contributed by atoms with E-state index in [0.29, 0.717) is 38.3 Å². The topological polar surface area (TPSA) is 227 Å². The number of carbonyl (C=O) groups excluding carboxylic acids is 4. The molecule has 47 heavy (non-hydrogen) atoms. The fraction of sp³-hybridized carbons (Fsp3) is 0.758. The number of unbranched alkanes of at least 4 members (excludes halogenated alkanes) is 8. The minimum Gasteiger partial charge on any atom is -0.462 e. The van der Waals surface area contributed by atoms with Gasteiger partial charge in [-0.2, -0.15) is 0 Å². The lowest BCUT2D eigenvalue weighted by molar-refractivity contribution is -0.305. The summed E-state index contributed by atoms with van der Waals surface area (Å²) in [6.07, 6.45) is 5.65. The van der Waals surface area contributed by atoms with Crippen molar-refractivity contribution in [2.24, 2.45) is 0 Å². The Balaban J connectivity index is 2.49. The molecule has 6 N–H and O–H groups in total. The molecule has 14 nitrogen and oxygen atoms in total. The maximum atomic E-state index is 12.6. The molecular formula is C33H54O14. The van der Waals surface area contributed by atoms with Gasteiger partial charge in [0.2, 0.25) is 0 Å². The lowest BCUT2D eigenvalue weighted by atomic mass is 9.99. The zero-order chi connectivity index (χ0) is 34.9. The lowest BCUT2D eigenvalue weighted by Crippen LogP contribution is -2.59. The number of hydrogen-bond donors (Lipinski definition) is 6. The standard InChI is InChI=1S/C33H54O14/c34-19-11-15-24(37)13-7-3-1-5-9-17-28(39)44-22-26(23-45-33-32(43)31(42)30(41)27(21-36)47-33)46-29(40)18-10-6-2-4-8-14-25(38)16-12-20-35/h11-12,15-16,19-20,24-27,30-33,36-38,41-43H,1-10,13-14,17-18,21-23H2/b15-11+,16-12+/t24?,25?,26-,27-,30+,31+,32-,33-/m1/s1. The van der Waals surface area contributed by atoms with Gasteiger partial charge in [0.25, 0.3) is 0 Å². The van der Waals surface area contributed by atoms with Gasteiger partial charge < -0.3 is 49.6 Å². The molecule has 270 valence electrons. The molecule has 0 amide bonds.